The maximum absolute atomic E-state index is 11.0. The Bertz CT molecular complexity index is 427. The Balaban J connectivity index is 2.41. The van der Waals surface area contributed by atoms with Crippen molar-refractivity contribution in [1.82, 2.24) is 5.32 Å². The third-order valence-electron chi connectivity index (χ3n) is 1.88. The molecule has 0 aliphatic rings. The van der Waals surface area contributed by atoms with Gasteiger partial charge in [-0.3, -0.25) is 4.79 Å². The summed E-state index contributed by atoms with van der Waals surface area (Å²) < 4.78 is 9.68. The Labute approximate surface area is 104 Å². The predicted molar refractivity (Wildman–Crippen MR) is 62.0 cm³/mol. The molecule has 1 aromatic carbocycles. The number of alkyl carbamates (subject to hydrolysis) is 1. The highest BCUT2D eigenvalue weighted by molar-refractivity contribution is 5.71. The van der Waals surface area contributed by atoms with E-state index in [0.717, 1.165) is 5.56 Å². The zero-order valence-electron chi connectivity index (χ0n) is 9.84. The molecule has 0 bridgehead atoms. The highest BCUT2D eigenvalue weighted by atomic mass is 16.5. The average Bonchev–Trinajstić information content (AvgIpc) is 2.35. The molecule has 0 unspecified atom stereocenters. The Morgan fingerprint density at radius 1 is 1.28 bits per heavy atom. The number of carbonyl (C=O) groups excluding carboxylic acids is 3. The van der Waals surface area contributed by atoms with Crippen LogP contribution in [0.2, 0.25) is 0 Å². The van der Waals surface area contributed by atoms with Gasteiger partial charge in [-0.1, -0.05) is 12.1 Å². The quantitative estimate of drug-likeness (QED) is 0.480. The van der Waals surface area contributed by atoms with E-state index in [1.807, 2.05) is 0 Å². The van der Waals surface area contributed by atoms with Crippen LogP contribution in [0.4, 0.5) is 4.79 Å². The lowest BCUT2D eigenvalue weighted by molar-refractivity contribution is -0.131. The molecule has 0 spiro atoms. The van der Waals surface area contributed by atoms with Crippen molar-refractivity contribution in [3.8, 4) is 5.75 Å². The van der Waals surface area contributed by atoms with E-state index < -0.39 is 12.1 Å². The van der Waals surface area contributed by atoms with Crippen LogP contribution in [-0.4, -0.2) is 24.9 Å². The highest BCUT2D eigenvalue weighted by Crippen LogP contribution is 2.12. The summed E-state index contributed by atoms with van der Waals surface area (Å²) in [6.07, 6.45) is -0.0963. The van der Waals surface area contributed by atoms with Gasteiger partial charge < -0.3 is 19.6 Å². The van der Waals surface area contributed by atoms with E-state index in [0.29, 0.717) is 12.0 Å². The summed E-state index contributed by atoms with van der Waals surface area (Å²) in [6, 6.07) is 6.55. The molecule has 0 radical (unpaired) electrons. The van der Waals surface area contributed by atoms with Crippen molar-refractivity contribution in [3.63, 3.8) is 0 Å². The lowest BCUT2D eigenvalue weighted by Gasteiger charge is -2.06. The fraction of sp³-hybridized carbons (Fsp3) is 0.250. The van der Waals surface area contributed by atoms with Crippen LogP contribution >= 0.6 is 0 Å². The number of nitrogens with one attached hydrogen (secondary N) is 1. The zero-order chi connectivity index (χ0) is 13.4. The molecule has 0 aromatic heterocycles. The third-order valence-corrected chi connectivity index (χ3v) is 1.88. The summed E-state index contributed by atoms with van der Waals surface area (Å²) in [7, 11) is 0. The van der Waals surface area contributed by atoms with Gasteiger partial charge in [-0.05, 0) is 17.7 Å². The van der Waals surface area contributed by atoms with Gasteiger partial charge >= 0.3 is 12.1 Å². The van der Waals surface area contributed by atoms with E-state index in [1.165, 1.54) is 6.92 Å². The molecule has 1 N–H and O–H groups in total. The molecule has 6 nitrogen and oxygen atoms in total. The number of rotatable bonds is 5. The molecule has 0 aliphatic heterocycles. The first-order valence-electron chi connectivity index (χ1n) is 5.23. The van der Waals surface area contributed by atoms with Crippen LogP contribution < -0.4 is 10.1 Å². The summed E-state index contributed by atoms with van der Waals surface area (Å²) in [4.78, 5) is 31.7. The second kappa shape index (κ2) is 7.05. The molecule has 0 saturated heterocycles. The largest absolute Gasteiger partial charge is 0.445 e. The summed E-state index contributed by atoms with van der Waals surface area (Å²) >= 11 is 0. The molecule has 18 heavy (non-hydrogen) atoms. The molecule has 0 fully saturated rings. The Morgan fingerprint density at radius 2 is 1.94 bits per heavy atom. The van der Waals surface area contributed by atoms with Gasteiger partial charge in [0, 0.05) is 6.92 Å². The number of aldehydes is 1. The van der Waals surface area contributed by atoms with Crippen molar-refractivity contribution in [3.05, 3.63) is 29.8 Å². The number of hydrogen-bond donors (Lipinski definition) is 1. The van der Waals surface area contributed by atoms with Crippen LogP contribution in [0.3, 0.4) is 0 Å². The summed E-state index contributed by atoms with van der Waals surface area (Å²) in [5.41, 5.74) is 0.743. The van der Waals surface area contributed by atoms with Crippen LogP contribution in [-0.2, 0) is 20.9 Å². The number of ether oxygens (including phenoxy) is 2. The summed E-state index contributed by atoms with van der Waals surface area (Å²) in [5, 5.41) is 2.24. The van der Waals surface area contributed by atoms with E-state index in [2.05, 4.69) is 5.32 Å². The predicted octanol–water partition coefficient (Wildman–Crippen LogP) is 1.04. The highest BCUT2D eigenvalue weighted by Gasteiger charge is 2.02. The molecule has 6 heteroatoms. The first-order valence-corrected chi connectivity index (χ1v) is 5.23. The average molecular weight is 251 g/mol. The molecule has 96 valence electrons. The van der Waals surface area contributed by atoms with Gasteiger partial charge in [-0.25, -0.2) is 4.79 Å². The maximum atomic E-state index is 11.0. The molecule has 1 amide bonds. The number of hydrogen-bond acceptors (Lipinski definition) is 5. The minimum Gasteiger partial charge on any atom is -0.445 e. The molecular formula is C12H13NO5. The number of carbonyl (C=O) groups is 3. The van der Waals surface area contributed by atoms with Gasteiger partial charge in [0.15, 0.2) is 0 Å². The van der Waals surface area contributed by atoms with Gasteiger partial charge in [0.05, 0.1) is 6.54 Å². The van der Waals surface area contributed by atoms with Crippen LogP contribution in [0, 0.1) is 0 Å². The van der Waals surface area contributed by atoms with E-state index in [4.69, 9.17) is 9.47 Å². The SMILES string of the molecule is CC(=O)Oc1ccc(COC(=O)NCC=O)cc1. The number of esters is 1. The standard InChI is InChI=1S/C12H13NO5/c1-9(15)18-11-4-2-10(3-5-11)8-17-12(16)13-6-7-14/h2-5,7H,6,8H2,1H3,(H,13,16). The molecule has 0 aliphatic carbocycles. The van der Waals surface area contributed by atoms with Crippen molar-refractivity contribution in [1.29, 1.82) is 0 Å². The first kappa shape index (κ1) is 13.7. The monoisotopic (exact) mass is 251 g/mol. The van der Waals surface area contributed by atoms with E-state index in [-0.39, 0.29) is 13.2 Å². The fourth-order valence-corrected chi connectivity index (χ4v) is 1.14. The van der Waals surface area contributed by atoms with Crippen molar-refractivity contribution in [2.24, 2.45) is 0 Å². The van der Waals surface area contributed by atoms with Crippen LogP contribution in [0.15, 0.2) is 24.3 Å². The Kier molecular flexibility index (Phi) is 5.37. The lowest BCUT2D eigenvalue weighted by Crippen LogP contribution is -2.25. The van der Waals surface area contributed by atoms with Crippen molar-refractivity contribution < 1.29 is 23.9 Å². The normalized spacial score (nSPS) is 9.39. The van der Waals surface area contributed by atoms with Crippen molar-refractivity contribution >= 4 is 18.3 Å². The van der Waals surface area contributed by atoms with Gasteiger partial charge in [0.2, 0.25) is 0 Å². The summed E-state index contributed by atoms with van der Waals surface area (Å²) in [6.45, 7) is 1.31. The minimum atomic E-state index is -0.661. The van der Waals surface area contributed by atoms with Crippen LogP contribution in [0.1, 0.15) is 12.5 Å². The Morgan fingerprint density at radius 3 is 2.50 bits per heavy atom. The van der Waals surface area contributed by atoms with Crippen molar-refractivity contribution in [2.75, 3.05) is 6.54 Å². The third kappa shape index (κ3) is 5.11. The van der Waals surface area contributed by atoms with E-state index >= 15 is 0 Å². The molecule has 1 rings (SSSR count). The van der Waals surface area contributed by atoms with Crippen LogP contribution in [0.25, 0.3) is 0 Å². The zero-order valence-corrected chi connectivity index (χ0v) is 9.84. The van der Waals surface area contributed by atoms with E-state index in [9.17, 15) is 14.4 Å². The van der Waals surface area contributed by atoms with Crippen LogP contribution in [0.5, 0.6) is 5.75 Å². The van der Waals surface area contributed by atoms with Gasteiger partial charge in [-0.15, -0.1) is 0 Å². The van der Waals surface area contributed by atoms with Crippen molar-refractivity contribution in [2.45, 2.75) is 13.5 Å². The first-order chi connectivity index (χ1) is 8.61. The number of amides is 1. The fourth-order valence-electron chi connectivity index (χ4n) is 1.14. The molecule has 0 atom stereocenters. The smallest absolute Gasteiger partial charge is 0.407 e. The lowest BCUT2D eigenvalue weighted by atomic mass is 10.2. The molecule has 1 aromatic rings. The topological polar surface area (TPSA) is 81.7 Å². The minimum absolute atomic E-state index is 0.0744. The van der Waals surface area contributed by atoms with E-state index in [1.54, 1.807) is 24.3 Å². The molecule has 0 heterocycles. The van der Waals surface area contributed by atoms with Gasteiger partial charge in [0.25, 0.3) is 0 Å². The second-order valence-corrected chi connectivity index (χ2v) is 3.36. The molecular weight excluding hydrogens is 238 g/mol. The Hall–Kier alpha value is -2.37. The van der Waals surface area contributed by atoms with Gasteiger partial charge in [0.1, 0.15) is 18.6 Å². The second-order valence-electron chi connectivity index (χ2n) is 3.36. The summed E-state index contributed by atoms with van der Waals surface area (Å²) in [5.74, 6) is 0.0314. The van der Waals surface area contributed by atoms with Gasteiger partial charge in [-0.2, -0.15) is 0 Å². The number of benzene rings is 1. The maximum Gasteiger partial charge on any atom is 0.407 e. The molecule has 0 saturated carbocycles.